The van der Waals surface area contributed by atoms with E-state index >= 15 is 0 Å². The fourth-order valence-corrected chi connectivity index (χ4v) is 0.717. The molecule has 1 heterocycles. The van der Waals surface area contributed by atoms with Crippen molar-refractivity contribution in [2.75, 3.05) is 12.4 Å². The number of halogens is 1. The first kappa shape index (κ1) is 8.80. The number of carbonyl (C=O) groups excluding carboxylic acids is 1. The number of ether oxygens (including phenoxy) is 1. The lowest BCUT2D eigenvalue weighted by Gasteiger charge is -2.00. The topological polar surface area (TPSA) is 51.2 Å². The number of amides is 1. The number of carbonyl (C=O) groups is 1. The Labute approximate surface area is 74.5 Å². The van der Waals surface area contributed by atoms with Crippen molar-refractivity contribution in [3.05, 3.63) is 23.4 Å². The van der Waals surface area contributed by atoms with Gasteiger partial charge in [0.25, 0.3) is 0 Å². The molecule has 0 unspecified atom stereocenters. The lowest BCUT2D eigenvalue weighted by molar-refractivity contribution is 0.187. The van der Waals surface area contributed by atoms with Gasteiger partial charge >= 0.3 is 6.09 Å². The fourth-order valence-electron chi connectivity index (χ4n) is 0.605. The lowest BCUT2D eigenvalue weighted by Crippen LogP contribution is -2.11. The van der Waals surface area contributed by atoms with Crippen LogP contribution in [0.5, 0.6) is 0 Å². The second kappa shape index (κ2) is 3.92. The van der Waals surface area contributed by atoms with E-state index in [-0.39, 0.29) is 0 Å². The van der Waals surface area contributed by atoms with E-state index < -0.39 is 6.09 Å². The highest BCUT2D eigenvalue weighted by Gasteiger charge is 1.99. The van der Waals surface area contributed by atoms with Crippen molar-refractivity contribution < 1.29 is 9.53 Å². The Morgan fingerprint density at radius 3 is 2.92 bits per heavy atom. The van der Waals surface area contributed by atoms with Crippen LogP contribution in [-0.2, 0) is 4.74 Å². The molecule has 0 spiro atoms. The van der Waals surface area contributed by atoms with Crippen molar-refractivity contribution in [3.63, 3.8) is 0 Å². The Hall–Kier alpha value is -1.29. The molecule has 0 aromatic carbocycles. The summed E-state index contributed by atoms with van der Waals surface area (Å²) in [5.74, 6) is 0.409. The molecule has 0 saturated heterocycles. The first-order valence-electron chi connectivity index (χ1n) is 3.19. The highest BCUT2D eigenvalue weighted by atomic mass is 35.5. The molecule has 0 radical (unpaired) electrons. The van der Waals surface area contributed by atoms with Crippen molar-refractivity contribution >= 4 is 23.5 Å². The van der Waals surface area contributed by atoms with Gasteiger partial charge in [-0.05, 0) is 12.1 Å². The summed E-state index contributed by atoms with van der Waals surface area (Å²) in [6, 6.07) is 3.21. The zero-order valence-corrected chi connectivity index (χ0v) is 7.13. The fraction of sp³-hybridized carbons (Fsp3) is 0.143. The third-order valence-corrected chi connectivity index (χ3v) is 1.37. The van der Waals surface area contributed by atoms with Gasteiger partial charge in [-0.3, -0.25) is 5.32 Å². The molecule has 0 saturated carbocycles. The average molecular weight is 187 g/mol. The normalized spacial score (nSPS) is 9.17. The van der Waals surface area contributed by atoms with Gasteiger partial charge in [0.2, 0.25) is 0 Å². The van der Waals surface area contributed by atoms with Crippen molar-refractivity contribution in [1.29, 1.82) is 0 Å². The molecule has 0 atom stereocenters. The van der Waals surface area contributed by atoms with Crippen LogP contribution in [0.3, 0.4) is 0 Å². The summed E-state index contributed by atoms with van der Waals surface area (Å²) in [6.45, 7) is 0. The summed E-state index contributed by atoms with van der Waals surface area (Å²) in [4.78, 5) is 14.5. The molecule has 12 heavy (non-hydrogen) atoms. The summed E-state index contributed by atoms with van der Waals surface area (Å²) in [5, 5.41) is 2.91. The van der Waals surface area contributed by atoms with Gasteiger partial charge in [0.1, 0.15) is 5.82 Å². The summed E-state index contributed by atoms with van der Waals surface area (Å²) in [6.07, 6.45) is 0.886. The molecule has 1 amide bonds. The molecule has 64 valence electrons. The van der Waals surface area contributed by atoms with E-state index in [0.717, 1.165) is 0 Å². The number of hydrogen-bond acceptors (Lipinski definition) is 3. The maximum Gasteiger partial charge on any atom is 0.412 e. The smallest absolute Gasteiger partial charge is 0.412 e. The van der Waals surface area contributed by atoms with Gasteiger partial charge in [0, 0.05) is 6.20 Å². The maximum atomic E-state index is 10.7. The number of aromatic nitrogens is 1. The zero-order chi connectivity index (χ0) is 8.97. The third kappa shape index (κ3) is 2.39. The minimum atomic E-state index is -0.551. The van der Waals surface area contributed by atoms with Gasteiger partial charge in [-0.2, -0.15) is 0 Å². The first-order valence-corrected chi connectivity index (χ1v) is 3.56. The van der Waals surface area contributed by atoms with E-state index in [9.17, 15) is 4.79 Å². The number of rotatable bonds is 1. The molecular weight excluding hydrogens is 180 g/mol. The number of nitrogens with zero attached hydrogens (tertiary/aromatic N) is 1. The Kier molecular flexibility index (Phi) is 2.88. The monoisotopic (exact) mass is 186 g/mol. The highest BCUT2D eigenvalue weighted by molar-refractivity contribution is 6.30. The maximum absolute atomic E-state index is 10.7. The summed E-state index contributed by atoms with van der Waals surface area (Å²) in [7, 11) is 1.28. The second-order valence-corrected chi connectivity index (χ2v) is 2.41. The van der Waals surface area contributed by atoms with Gasteiger partial charge < -0.3 is 4.74 Å². The molecule has 0 bridgehead atoms. The molecule has 4 nitrogen and oxygen atoms in total. The minimum Gasteiger partial charge on any atom is -0.453 e. The van der Waals surface area contributed by atoms with Crippen LogP contribution < -0.4 is 5.32 Å². The molecule has 1 N–H and O–H groups in total. The predicted octanol–water partition coefficient (Wildman–Crippen LogP) is 1.91. The Morgan fingerprint density at radius 1 is 1.67 bits per heavy atom. The van der Waals surface area contributed by atoms with Crippen LogP contribution in [0.15, 0.2) is 18.3 Å². The average Bonchev–Trinajstić information content (AvgIpc) is 2.09. The summed E-state index contributed by atoms with van der Waals surface area (Å²) in [5.41, 5.74) is 0. The standard InChI is InChI=1S/C7H7ClN2O2/c1-12-7(11)10-6-3-2-5(8)4-9-6/h2-4H,1H3,(H,9,10,11). The predicted molar refractivity (Wildman–Crippen MR) is 45.3 cm³/mol. The zero-order valence-electron chi connectivity index (χ0n) is 6.37. The van der Waals surface area contributed by atoms with E-state index in [1.165, 1.54) is 13.3 Å². The van der Waals surface area contributed by atoms with Crippen LogP contribution in [0.1, 0.15) is 0 Å². The van der Waals surface area contributed by atoms with E-state index in [2.05, 4.69) is 15.0 Å². The van der Waals surface area contributed by atoms with Gasteiger partial charge in [0.05, 0.1) is 12.1 Å². The van der Waals surface area contributed by atoms with Crippen molar-refractivity contribution in [3.8, 4) is 0 Å². The Balaban J connectivity index is 2.64. The van der Waals surface area contributed by atoms with Crippen LogP contribution in [0.25, 0.3) is 0 Å². The van der Waals surface area contributed by atoms with Gasteiger partial charge in [-0.25, -0.2) is 9.78 Å². The molecule has 0 fully saturated rings. The number of pyridine rings is 1. The van der Waals surface area contributed by atoms with Gasteiger partial charge in [0.15, 0.2) is 0 Å². The van der Waals surface area contributed by atoms with Crippen molar-refractivity contribution in [1.82, 2.24) is 4.98 Å². The molecule has 1 aromatic rings. The number of methoxy groups -OCH3 is 1. The quantitative estimate of drug-likeness (QED) is 0.729. The molecule has 1 rings (SSSR count). The Morgan fingerprint density at radius 2 is 2.42 bits per heavy atom. The van der Waals surface area contributed by atoms with Crippen molar-refractivity contribution in [2.24, 2.45) is 0 Å². The SMILES string of the molecule is COC(=O)Nc1ccc(Cl)cn1. The van der Waals surface area contributed by atoms with Crippen LogP contribution in [0, 0.1) is 0 Å². The summed E-state index contributed by atoms with van der Waals surface area (Å²) < 4.78 is 4.36. The highest BCUT2D eigenvalue weighted by Crippen LogP contribution is 2.09. The molecule has 0 aliphatic rings. The minimum absolute atomic E-state index is 0.409. The van der Waals surface area contributed by atoms with Gasteiger partial charge in [-0.15, -0.1) is 0 Å². The van der Waals surface area contributed by atoms with E-state index in [1.807, 2.05) is 0 Å². The Bertz CT molecular complexity index is 273. The largest absolute Gasteiger partial charge is 0.453 e. The first-order chi connectivity index (χ1) is 5.72. The number of hydrogen-bond donors (Lipinski definition) is 1. The molecule has 5 heteroatoms. The van der Waals surface area contributed by atoms with E-state index in [0.29, 0.717) is 10.8 Å². The molecule has 0 aliphatic carbocycles. The third-order valence-electron chi connectivity index (χ3n) is 1.14. The van der Waals surface area contributed by atoms with Crippen molar-refractivity contribution in [2.45, 2.75) is 0 Å². The lowest BCUT2D eigenvalue weighted by atomic mass is 10.5. The van der Waals surface area contributed by atoms with E-state index in [1.54, 1.807) is 12.1 Å². The molecular formula is C7H7ClN2O2. The van der Waals surface area contributed by atoms with Crippen LogP contribution in [0.2, 0.25) is 5.02 Å². The van der Waals surface area contributed by atoms with E-state index in [4.69, 9.17) is 11.6 Å². The van der Waals surface area contributed by atoms with Crippen LogP contribution in [-0.4, -0.2) is 18.2 Å². The van der Waals surface area contributed by atoms with Gasteiger partial charge in [-0.1, -0.05) is 11.6 Å². The van der Waals surface area contributed by atoms with Crippen LogP contribution >= 0.6 is 11.6 Å². The molecule has 1 aromatic heterocycles. The number of nitrogens with one attached hydrogen (secondary N) is 1. The molecule has 0 aliphatic heterocycles. The summed E-state index contributed by atoms with van der Waals surface area (Å²) >= 11 is 5.58. The second-order valence-electron chi connectivity index (χ2n) is 1.98. The number of anilines is 1. The van der Waals surface area contributed by atoms with Crippen LogP contribution in [0.4, 0.5) is 10.6 Å².